The molecular weight excluding hydrogens is 729 g/mol. The summed E-state index contributed by atoms with van der Waals surface area (Å²) in [7, 11) is 0. The highest BCUT2D eigenvalue weighted by atomic mass is 32.1. The minimum Gasteiger partial charge on any atom is -0.491 e. The van der Waals surface area contributed by atoms with Gasteiger partial charge in [0, 0.05) is 18.5 Å². The number of hydrogen-bond acceptors (Lipinski definition) is 12. The van der Waals surface area contributed by atoms with Gasteiger partial charge in [0.05, 0.1) is 74.5 Å². The summed E-state index contributed by atoms with van der Waals surface area (Å²) in [6, 6.07) is 12.5. The minimum absolute atomic E-state index is 0.0173. The second-order valence-corrected chi connectivity index (χ2v) is 15.2. The molecule has 0 spiro atoms. The van der Waals surface area contributed by atoms with Crippen molar-refractivity contribution in [3.63, 3.8) is 0 Å². The van der Waals surface area contributed by atoms with E-state index in [4.69, 9.17) is 23.7 Å². The second-order valence-electron chi connectivity index (χ2n) is 14.3. The fraction of sp³-hybridized carbons (Fsp3) is 0.525. The highest BCUT2D eigenvalue weighted by Crippen LogP contribution is 2.29. The molecule has 3 amide bonds. The Balaban J connectivity index is 1.11. The van der Waals surface area contributed by atoms with Crippen molar-refractivity contribution in [1.29, 1.82) is 0 Å². The Morgan fingerprint density at radius 3 is 2.07 bits per heavy atom. The van der Waals surface area contributed by atoms with Gasteiger partial charge in [-0.2, -0.15) is 0 Å². The van der Waals surface area contributed by atoms with Crippen LogP contribution in [0.5, 0.6) is 5.75 Å². The smallest absolute Gasteiger partial charge is 0.246 e. The van der Waals surface area contributed by atoms with Crippen LogP contribution in [-0.2, 0) is 33.3 Å². The number of aliphatic hydroxyl groups excluding tert-OH is 1. The summed E-state index contributed by atoms with van der Waals surface area (Å²) in [5.41, 5.74) is 4.62. The normalized spacial score (nSPS) is 16.7. The number of carbonyl (C=O) groups is 4. The lowest BCUT2D eigenvalue weighted by atomic mass is 9.85. The van der Waals surface area contributed by atoms with Crippen LogP contribution in [0.1, 0.15) is 61.8 Å². The van der Waals surface area contributed by atoms with Crippen molar-refractivity contribution >= 4 is 35.3 Å². The molecule has 14 nitrogen and oxygen atoms in total. The van der Waals surface area contributed by atoms with Crippen molar-refractivity contribution in [3.8, 4) is 16.2 Å². The predicted octanol–water partition coefficient (Wildman–Crippen LogP) is 3.75. The molecule has 4 atom stereocenters. The van der Waals surface area contributed by atoms with Crippen LogP contribution >= 0.6 is 11.3 Å². The number of likely N-dealkylation sites (tertiary alicyclic amines) is 1. The molecular formula is C40H54N4O10S. The zero-order chi connectivity index (χ0) is 39.8. The number of rotatable bonds is 22. The van der Waals surface area contributed by atoms with Crippen molar-refractivity contribution in [2.24, 2.45) is 5.41 Å². The first-order valence-electron chi connectivity index (χ1n) is 18.4. The molecule has 2 aromatic carbocycles. The molecule has 15 heteroatoms. The lowest BCUT2D eigenvalue weighted by Gasteiger charge is -2.35. The molecule has 1 aromatic heterocycles. The summed E-state index contributed by atoms with van der Waals surface area (Å²) >= 11 is 1.57. The number of thiazole rings is 1. The minimum atomic E-state index is -0.962. The average molecular weight is 783 g/mol. The molecule has 1 saturated heterocycles. The molecule has 55 heavy (non-hydrogen) atoms. The van der Waals surface area contributed by atoms with E-state index in [-0.39, 0.29) is 44.7 Å². The van der Waals surface area contributed by atoms with Gasteiger partial charge in [0.1, 0.15) is 37.3 Å². The number of nitrogens with one attached hydrogen (secondary N) is 2. The third-order valence-corrected chi connectivity index (χ3v) is 9.90. The van der Waals surface area contributed by atoms with Gasteiger partial charge in [-0.25, -0.2) is 4.98 Å². The van der Waals surface area contributed by atoms with E-state index in [9.17, 15) is 24.3 Å². The maximum atomic E-state index is 13.9. The van der Waals surface area contributed by atoms with Crippen LogP contribution in [-0.4, -0.2) is 123 Å². The van der Waals surface area contributed by atoms with Gasteiger partial charge in [-0.3, -0.25) is 19.2 Å². The molecule has 4 rings (SSSR count). The highest BCUT2D eigenvalue weighted by molar-refractivity contribution is 7.13. The molecule has 0 radical (unpaired) electrons. The quantitative estimate of drug-likeness (QED) is 0.100. The SMILES string of the molecule is Cc1ncsc1-c1ccc(C(C)NC(=O)C2CC(O)CN2C(=O)C(NC(=O)COCCOCCOCCOCCOc2ccc(C=O)cc2)C(C)(C)C)cc1. The fourth-order valence-corrected chi connectivity index (χ4v) is 6.72. The molecule has 1 aliphatic heterocycles. The van der Waals surface area contributed by atoms with E-state index >= 15 is 0 Å². The number of aliphatic hydroxyl groups is 1. The molecule has 3 aromatic rings. The molecule has 0 bridgehead atoms. The lowest BCUT2D eigenvalue weighted by molar-refractivity contribution is -0.144. The number of hydrogen-bond donors (Lipinski definition) is 3. The van der Waals surface area contributed by atoms with Crippen LogP contribution in [0.2, 0.25) is 0 Å². The second kappa shape index (κ2) is 21.7. The summed E-state index contributed by atoms with van der Waals surface area (Å²) in [4.78, 5) is 57.8. The maximum Gasteiger partial charge on any atom is 0.246 e. The molecule has 2 heterocycles. The van der Waals surface area contributed by atoms with E-state index in [2.05, 4.69) is 15.6 Å². The first kappa shape index (κ1) is 43.5. The van der Waals surface area contributed by atoms with Gasteiger partial charge in [0.15, 0.2) is 0 Å². The standard InChI is InChI=1S/C40H54N4O10S/c1-27(30-8-10-31(11-9-30)36-28(2)41-26-55-36)42-38(48)34-22-32(46)23-44(34)39(49)37(40(3,4)5)43-35(47)25-53-19-18-51-15-14-50-16-17-52-20-21-54-33-12-6-29(24-45)7-13-33/h6-13,24,26-27,32,34,37,46H,14-23,25H2,1-5H3,(H,42,48)(H,43,47). The van der Waals surface area contributed by atoms with Gasteiger partial charge in [-0.15, -0.1) is 11.3 Å². The number of ether oxygens (including phenoxy) is 5. The first-order chi connectivity index (χ1) is 26.4. The van der Waals surface area contributed by atoms with E-state index in [1.54, 1.807) is 35.6 Å². The predicted molar refractivity (Wildman–Crippen MR) is 207 cm³/mol. The molecule has 1 fully saturated rings. The van der Waals surface area contributed by atoms with E-state index in [0.29, 0.717) is 51.0 Å². The number of aromatic nitrogens is 1. The van der Waals surface area contributed by atoms with E-state index in [0.717, 1.165) is 28.0 Å². The maximum absolute atomic E-state index is 13.9. The molecule has 3 N–H and O–H groups in total. The summed E-state index contributed by atoms with van der Waals surface area (Å²) in [6.07, 6.45) is -0.000599. The molecule has 300 valence electrons. The van der Waals surface area contributed by atoms with Crippen molar-refractivity contribution in [2.45, 2.75) is 65.3 Å². The largest absolute Gasteiger partial charge is 0.491 e. The zero-order valence-corrected chi connectivity index (χ0v) is 33.1. The first-order valence-corrected chi connectivity index (χ1v) is 19.3. The van der Waals surface area contributed by atoms with Gasteiger partial charge in [-0.1, -0.05) is 45.0 Å². The Bertz CT molecular complexity index is 1660. The topological polar surface area (TPSA) is 175 Å². The average Bonchev–Trinajstić information content (AvgIpc) is 3.78. The van der Waals surface area contributed by atoms with Crippen molar-refractivity contribution < 1.29 is 48.0 Å². The van der Waals surface area contributed by atoms with Crippen molar-refractivity contribution in [3.05, 3.63) is 70.9 Å². The lowest BCUT2D eigenvalue weighted by Crippen LogP contribution is -2.58. The Hall–Kier alpha value is -4.25. The van der Waals surface area contributed by atoms with Gasteiger partial charge in [0.25, 0.3) is 0 Å². The molecule has 4 unspecified atom stereocenters. The number of carbonyl (C=O) groups excluding carboxylic acids is 4. The summed E-state index contributed by atoms with van der Waals surface area (Å²) < 4.78 is 27.5. The van der Waals surface area contributed by atoms with Gasteiger partial charge in [0.2, 0.25) is 17.7 Å². The number of aldehydes is 1. The molecule has 0 aliphatic carbocycles. The van der Waals surface area contributed by atoms with E-state index in [1.165, 1.54) is 4.90 Å². The summed E-state index contributed by atoms with van der Waals surface area (Å²) in [5.74, 6) is -0.635. The Morgan fingerprint density at radius 1 is 0.909 bits per heavy atom. The summed E-state index contributed by atoms with van der Waals surface area (Å²) in [6.45, 7) is 11.7. The van der Waals surface area contributed by atoms with Crippen LogP contribution in [0.25, 0.3) is 10.4 Å². The zero-order valence-electron chi connectivity index (χ0n) is 32.3. The number of amides is 3. The van der Waals surface area contributed by atoms with Gasteiger partial charge < -0.3 is 44.3 Å². The number of β-amino-alcohol motifs (C(OH)–C–C–N with tert-alkyl or cyclic N) is 1. The fourth-order valence-electron chi connectivity index (χ4n) is 5.90. The third-order valence-electron chi connectivity index (χ3n) is 8.92. The summed E-state index contributed by atoms with van der Waals surface area (Å²) in [5, 5.41) is 16.3. The molecule has 0 saturated carbocycles. The Morgan fingerprint density at radius 2 is 1.51 bits per heavy atom. The monoisotopic (exact) mass is 782 g/mol. The third kappa shape index (κ3) is 13.8. The number of benzene rings is 2. The van der Waals surface area contributed by atoms with Crippen molar-refractivity contribution in [1.82, 2.24) is 20.5 Å². The highest BCUT2D eigenvalue weighted by Gasteiger charge is 2.44. The number of nitrogens with zero attached hydrogens (tertiary/aromatic N) is 2. The Kier molecular flexibility index (Phi) is 17.2. The van der Waals surface area contributed by atoms with Crippen LogP contribution < -0.4 is 15.4 Å². The van der Waals surface area contributed by atoms with E-state index in [1.807, 2.05) is 64.4 Å². The van der Waals surface area contributed by atoms with Crippen LogP contribution in [0.15, 0.2) is 54.0 Å². The Labute approximate surface area is 326 Å². The van der Waals surface area contributed by atoms with Crippen molar-refractivity contribution in [2.75, 3.05) is 66.0 Å². The molecule has 1 aliphatic rings. The van der Waals surface area contributed by atoms with E-state index < -0.39 is 35.4 Å². The number of aryl methyl sites for hydroxylation is 1. The van der Waals surface area contributed by atoms with Gasteiger partial charge >= 0.3 is 0 Å². The van der Waals surface area contributed by atoms with Crippen LogP contribution in [0, 0.1) is 12.3 Å². The van der Waals surface area contributed by atoms with Crippen LogP contribution in [0.4, 0.5) is 0 Å². The van der Waals surface area contributed by atoms with Crippen LogP contribution in [0.3, 0.4) is 0 Å². The van der Waals surface area contributed by atoms with Gasteiger partial charge in [-0.05, 0) is 54.7 Å².